The number of aliphatic carboxylic acids is 1. The number of benzene rings is 1. The van der Waals surface area contributed by atoms with Gasteiger partial charge < -0.3 is 35.8 Å². The number of carbonyl (C=O) groups is 5. The molecule has 0 heterocycles. The maximum atomic E-state index is 12.5. The van der Waals surface area contributed by atoms with E-state index in [1.807, 2.05) is 6.07 Å². The molecule has 1 aromatic rings. The Labute approximate surface area is 226 Å². The number of carbonyl (C=O) groups excluding carboxylic acids is 4. The van der Waals surface area contributed by atoms with Gasteiger partial charge in [0.15, 0.2) is 0 Å². The second-order valence-corrected chi connectivity index (χ2v) is 10.5. The van der Waals surface area contributed by atoms with Crippen LogP contribution in [-0.4, -0.2) is 80.8 Å². The molecule has 0 aliphatic heterocycles. The molecular weight excluding hydrogens is 536 g/mol. The lowest BCUT2D eigenvalue weighted by molar-refractivity contribution is -0.137. The number of hydrogen-bond donors (Lipinski definition) is 5. The van der Waals surface area contributed by atoms with Crippen molar-refractivity contribution in [3.8, 4) is 0 Å². The molecule has 4 amide bonds. The van der Waals surface area contributed by atoms with Gasteiger partial charge in [-0.15, -0.1) is 0 Å². The second kappa shape index (κ2) is 15.3. The first-order valence-electron chi connectivity index (χ1n) is 11.7. The number of carboxylic acids is 1. The van der Waals surface area contributed by atoms with Gasteiger partial charge in [-0.3, -0.25) is 19.2 Å². The smallest absolute Gasteiger partial charge is 0.408 e. The zero-order valence-electron chi connectivity index (χ0n) is 22.2. The summed E-state index contributed by atoms with van der Waals surface area (Å²) in [5, 5.41) is 18.0. The summed E-state index contributed by atoms with van der Waals surface area (Å²) in [7, 11) is -2.75. The van der Waals surface area contributed by atoms with E-state index < -0.39 is 75.3 Å². The lowest BCUT2D eigenvalue weighted by Crippen LogP contribution is -2.55. The summed E-state index contributed by atoms with van der Waals surface area (Å²) >= 11 is 0. The SMILES string of the molecule is CO/C(=C\[C@H](CC(=O)O)NC(=O)C(C)NC(=O)C(C)NC(=O)C(C)NC(=O)OCc1ccccc1)S(C)(=O)=O. The van der Waals surface area contributed by atoms with Crippen LogP contribution < -0.4 is 21.3 Å². The number of amides is 4. The summed E-state index contributed by atoms with van der Waals surface area (Å²) in [6.45, 7) is 4.06. The lowest BCUT2D eigenvalue weighted by Gasteiger charge is -2.22. The van der Waals surface area contributed by atoms with Crippen molar-refractivity contribution in [1.82, 2.24) is 21.3 Å². The van der Waals surface area contributed by atoms with Gasteiger partial charge in [0.2, 0.25) is 32.6 Å². The van der Waals surface area contributed by atoms with Crippen LogP contribution in [0.4, 0.5) is 4.79 Å². The Morgan fingerprint density at radius 1 is 0.872 bits per heavy atom. The van der Waals surface area contributed by atoms with Crippen molar-refractivity contribution < 1.29 is 47.0 Å². The minimum atomic E-state index is -3.82. The van der Waals surface area contributed by atoms with Gasteiger partial charge in [0.05, 0.1) is 19.6 Å². The number of sulfone groups is 1. The highest BCUT2D eigenvalue weighted by atomic mass is 32.2. The topological polar surface area (TPSA) is 206 Å². The summed E-state index contributed by atoms with van der Waals surface area (Å²) in [4.78, 5) is 60.5. The van der Waals surface area contributed by atoms with Crippen molar-refractivity contribution in [2.45, 2.75) is 58.0 Å². The Bertz CT molecular complexity index is 1170. The van der Waals surface area contributed by atoms with Crippen molar-refractivity contribution in [3.63, 3.8) is 0 Å². The van der Waals surface area contributed by atoms with Crippen molar-refractivity contribution >= 4 is 39.6 Å². The molecule has 0 saturated heterocycles. The highest BCUT2D eigenvalue weighted by molar-refractivity contribution is 7.94. The van der Waals surface area contributed by atoms with Gasteiger partial charge in [-0.1, -0.05) is 30.3 Å². The summed E-state index contributed by atoms with van der Waals surface area (Å²) in [5.74, 6) is -3.57. The molecule has 0 radical (unpaired) electrons. The number of methoxy groups -OCH3 is 1. The van der Waals surface area contributed by atoms with E-state index in [-0.39, 0.29) is 6.61 Å². The number of rotatable bonds is 14. The molecule has 0 aromatic heterocycles. The molecule has 1 aromatic carbocycles. The number of ether oxygens (including phenoxy) is 2. The van der Waals surface area contributed by atoms with E-state index in [9.17, 15) is 32.4 Å². The predicted molar refractivity (Wildman–Crippen MR) is 139 cm³/mol. The van der Waals surface area contributed by atoms with Crippen LogP contribution in [0.3, 0.4) is 0 Å². The van der Waals surface area contributed by atoms with Crippen LogP contribution in [0.1, 0.15) is 32.8 Å². The van der Waals surface area contributed by atoms with Crippen LogP contribution in [0.2, 0.25) is 0 Å². The molecule has 0 aliphatic carbocycles. The largest absolute Gasteiger partial charge is 0.487 e. The van der Waals surface area contributed by atoms with Crippen LogP contribution in [0.15, 0.2) is 41.5 Å². The van der Waals surface area contributed by atoms with E-state index >= 15 is 0 Å². The van der Waals surface area contributed by atoms with Crippen molar-refractivity contribution in [2.24, 2.45) is 0 Å². The van der Waals surface area contributed by atoms with Gasteiger partial charge in [0.25, 0.3) is 0 Å². The molecule has 5 N–H and O–H groups in total. The summed E-state index contributed by atoms with van der Waals surface area (Å²) in [6.07, 6.45) is 0.309. The Kier molecular flexibility index (Phi) is 12.9. The Morgan fingerprint density at radius 3 is 1.82 bits per heavy atom. The molecule has 0 spiro atoms. The van der Waals surface area contributed by atoms with E-state index in [0.29, 0.717) is 0 Å². The Morgan fingerprint density at radius 2 is 1.36 bits per heavy atom. The monoisotopic (exact) mass is 570 g/mol. The fourth-order valence-corrected chi connectivity index (χ4v) is 3.68. The normalized spacial score (nSPS) is 14.5. The minimum absolute atomic E-state index is 0.00389. The quantitative estimate of drug-likeness (QED) is 0.186. The summed E-state index contributed by atoms with van der Waals surface area (Å²) in [6, 6.07) is 4.30. The van der Waals surface area contributed by atoms with Gasteiger partial charge >= 0.3 is 12.1 Å². The molecule has 216 valence electrons. The molecule has 4 atom stereocenters. The van der Waals surface area contributed by atoms with Gasteiger partial charge in [0.1, 0.15) is 24.7 Å². The fraction of sp³-hybridized carbons (Fsp3) is 0.458. The minimum Gasteiger partial charge on any atom is -0.487 e. The highest BCUT2D eigenvalue weighted by Gasteiger charge is 2.26. The third kappa shape index (κ3) is 12.3. The second-order valence-electron chi connectivity index (χ2n) is 8.56. The molecule has 15 heteroatoms. The van der Waals surface area contributed by atoms with E-state index in [4.69, 9.17) is 14.6 Å². The first-order chi connectivity index (χ1) is 18.1. The third-order valence-corrected chi connectivity index (χ3v) is 6.10. The van der Waals surface area contributed by atoms with Gasteiger partial charge in [-0.2, -0.15) is 0 Å². The van der Waals surface area contributed by atoms with Crippen LogP contribution in [0.5, 0.6) is 0 Å². The van der Waals surface area contributed by atoms with Gasteiger partial charge in [-0.05, 0) is 32.4 Å². The van der Waals surface area contributed by atoms with Crippen LogP contribution >= 0.6 is 0 Å². The molecule has 0 bridgehead atoms. The average molecular weight is 571 g/mol. The number of nitrogens with one attached hydrogen (secondary N) is 4. The third-order valence-electron chi connectivity index (χ3n) is 5.07. The van der Waals surface area contributed by atoms with E-state index in [2.05, 4.69) is 21.3 Å². The number of hydrogen-bond acceptors (Lipinski definition) is 9. The molecule has 0 aliphatic rings. The number of carboxylic acid groups (broad SMARTS) is 1. The Balaban J connectivity index is 2.64. The lowest BCUT2D eigenvalue weighted by atomic mass is 10.1. The molecule has 0 saturated carbocycles. The first kappa shape index (κ1) is 32.9. The maximum Gasteiger partial charge on any atom is 0.408 e. The fourth-order valence-electron chi connectivity index (χ4n) is 2.97. The van der Waals surface area contributed by atoms with E-state index in [1.54, 1.807) is 24.3 Å². The van der Waals surface area contributed by atoms with Crippen molar-refractivity contribution in [3.05, 3.63) is 47.1 Å². The maximum absolute atomic E-state index is 12.5. The molecule has 1 rings (SSSR count). The van der Waals surface area contributed by atoms with Crippen LogP contribution in [0.25, 0.3) is 0 Å². The Hall–Kier alpha value is -4.14. The zero-order chi connectivity index (χ0) is 29.8. The van der Waals surface area contributed by atoms with Crippen LogP contribution in [0, 0.1) is 0 Å². The van der Waals surface area contributed by atoms with Crippen molar-refractivity contribution in [2.75, 3.05) is 13.4 Å². The number of alkyl carbamates (subject to hydrolysis) is 1. The molecule has 14 nitrogen and oxygen atoms in total. The van der Waals surface area contributed by atoms with Gasteiger partial charge in [0, 0.05) is 6.26 Å². The summed E-state index contributed by atoms with van der Waals surface area (Å²) < 4.78 is 33.3. The van der Waals surface area contributed by atoms with Crippen molar-refractivity contribution in [1.29, 1.82) is 0 Å². The molecule has 3 unspecified atom stereocenters. The summed E-state index contributed by atoms with van der Waals surface area (Å²) in [5.41, 5.74) is 0.757. The molecular formula is C24H34N4O10S. The predicted octanol–water partition coefficient (Wildman–Crippen LogP) is -0.197. The van der Waals surface area contributed by atoms with Crippen LogP contribution in [-0.2, 0) is 45.1 Å². The molecule has 0 fully saturated rings. The van der Waals surface area contributed by atoms with Gasteiger partial charge in [-0.25, -0.2) is 13.2 Å². The average Bonchev–Trinajstić information content (AvgIpc) is 2.85. The molecule has 39 heavy (non-hydrogen) atoms. The van der Waals surface area contributed by atoms with E-state index in [1.165, 1.54) is 20.8 Å². The standard InChI is InChI=1S/C24H34N4O10S/c1-14(25-22(32)16(3)27-24(34)38-13-17-9-7-6-8-10-17)21(31)26-15(2)23(33)28-18(11-19(29)30)12-20(37-4)39(5,35)36/h6-10,12,14-16,18H,11,13H2,1-5H3,(H,25,32)(H,26,31)(H,27,34)(H,28,33)(H,29,30)/b20-12+/t14?,15?,16?,18-/m0/s1. The highest BCUT2D eigenvalue weighted by Crippen LogP contribution is 2.09. The zero-order valence-corrected chi connectivity index (χ0v) is 23.0. The first-order valence-corrected chi connectivity index (χ1v) is 13.6. The van der Waals surface area contributed by atoms with E-state index in [0.717, 1.165) is 25.0 Å².